The van der Waals surface area contributed by atoms with Crippen molar-refractivity contribution >= 4 is 0 Å². The molecular formula is C9H18N2. The fourth-order valence-electron chi connectivity index (χ4n) is 2.79. The van der Waals surface area contributed by atoms with E-state index in [9.17, 15) is 0 Å². The summed E-state index contributed by atoms with van der Waals surface area (Å²) in [4.78, 5) is 0. The lowest BCUT2D eigenvalue weighted by molar-refractivity contribution is 0.233. The van der Waals surface area contributed by atoms with Crippen molar-refractivity contribution in [2.45, 2.75) is 38.3 Å². The molecular weight excluding hydrogens is 136 g/mol. The fourth-order valence-corrected chi connectivity index (χ4v) is 2.79. The van der Waals surface area contributed by atoms with E-state index < -0.39 is 0 Å². The normalized spacial score (nSPS) is 50.7. The highest BCUT2D eigenvalue weighted by atomic mass is 14.9. The van der Waals surface area contributed by atoms with E-state index in [2.05, 4.69) is 12.2 Å². The van der Waals surface area contributed by atoms with Crippen LogP contribution in [-0.4, -0.2) is 18.6 Å². The molecule has 2 nitrogen and oxygen atoms in total. The van der Waals surface area contributed by atoms with Crippen LogP contribution in [0.4, 0.5) is 0 Å². The van der Waals surface area contributed by atoms with Crippen LogP contribution in [0, 0.1) is 11.8 Å². The van der Waals surface area contributed by atoms with Gasteiger partial charge in [0.25, 0.3) is 0 Å². The second kappa shape index (κ2) is 2.76. The molecule has 2 aliphatic rings. The third kappa shape index (κ3) is 1.30. The molecule has 1 aliphatic carbocycles. The van der Waals surface area contributed by atoms with Crippen molar-refractivity contribution < 1.29 is 0 Å². The molecule has 11 heavy (non-hydrogen) atoms. The highest BCUT2D eigenvalue weighted by Crippen LogP contribution is 2.37. The Labute approximate surface area is 68.5 Å². The minimum atomic E-state index is 0.493. The molecule has 4 unspecified atom stereocenters. The topological polar surface area (TPSA) is 38.0 Å². The van der Waals surface area contributed by atoms with Gasteiger partial charge in [0.05, 0.1) is 0 Å². The highest BCUT2D eigenvalue weighted by molar-refractivity contribution is 4.93. The third-order valence-corrected chi connectivity index (χ3v) is 3.41. The zero-order valence-electron chi connectivity index (χ0n) is 7.22. The molecule has 0 spiro atoms. The van der Waals surface area contributed by atoms with Crippen LogP contribution in [0.2, 0.25) is 0 Å². The number of nitrogens with two attached hydrogens (primary N) is 1. The number of fused-ring (bicyclic) bond motifs is 1. The van der Waals surface area contributed by atoms with Crippen LogP contribution < -0.4 is 11.1 Å². The van der Waals surface area contributed by atoms with Gasteiger partial charge in [-0.1, -0.05) is 0 Å². The maximum Gasteiger partial charge on any atom is 0.00702 e. The molecule has 1 saturated heterocycles. The lowest BCUT2D eigenvalue weighted by Crippen LogP contribution is -2.41. The van der Waals surface area contributed by atoms with Gasteiger partial charge < -0.3 is 11.1 Å². The van der Waals surface area contributed by atoms with Crippen LogP contribution in [0.15, 0.2) is 0 Å². The Bertz CT molecular complexity index is 146. The number of rotatable bonds is 0. The molecule has 0 amide bonds. The lowest BCUT2D eigenvalue weighted by atomic mass is 9.84. The minimum Gasteiger partial charge on any atom is -0.328 e. The van der Waals surface area contributed by atoms with Crippen LogP contribution in [-0.2, 0) is 0 Å². The summed E-state index contributed by atoms with van der Waals surface area (Å²) in [5.74, 6) is 1.81. The number of nitrogens with one attached hydrogen (secondary N) is 1. The van der Waals surface area contributed by atoms with Crippen LogP contribution in [0.25, 0.3) is 0 Å². The average molecular weight is 154 g/mol. The smallest absolute Gasteiger partial charge is 0.00702 e. The summed E-state index contributed by atoms with van der Waals surface area (Å²) < 4.78 is 0. The van der Waals surface area contributed by atoms with Crippen molar-refractivity contribution in [1.29, 1.82) is 0 Å². The summed E-state index contributed by atoms with van der Waals surface area (Å²) in [5.41, 5.74) is 5.93. The van der Waals surface area contributed by atoms with E-state index in [0.29, 0.717) is 12.1 Å². The van der Waals surface area contributed by atoms with Crippen molar-refractivity contribution in [3.05, 3.63) is 0 Å². The van der Waals surface area contributed by atoms with Gasteiger partial charge in [-0.05, 0) is 44.6 Å². The lowest BCUT2D eigenvalue weighted by Gasteiger charge is -2.32. The van der Waals surface area contributed by atoms with Crippen LogP contribution in [0.1, 0.15) is 26.2 Å². The first-order valence-corrected chi connectivity index (χ1v) is 4.76. The monoisotopic (exact) mass is 154 g/mol. The Hall–Kier alpha value is -0.0800. The molecule has 0 aromatic carbocycles. The van der Waals surface area contributed by atoms with E-state index in [-0.39, 0.29) is 0 Å². The summed E-state index contributed by atoms with van der Waals surface area (Å²) in [7, 11) is 0. The van der Waals surface area contributed by atoms with E-state index in [1.54, 1.807) is 0 Å². The Morgan fingerprint density at radius 3 is 2.91 bits per heavy atom. The number of hydrogen-bond acceptors (Lipinski definition) is 2. The predicted molar refractivity (Wildman–Crippen MR) is 46.3 cm³/mol. The van der Waals surface area contributed by atoms with E-state index in [1.165, 1.54) is 25.8 Å². The van der Waals surface area contributed by atoms with E-state index in [4.69, 9.17) is 5.73 Å². The van der Waals surface area contributed by atoms with Crippen molar-refractivity contribution in [3.63, 3.8) is 0 Å². The number of hydrogen-bond donors (Lipinski definition) is 2. The minimum absolute atomic E-state index is 0.493. The first kappa shape index (κ1) is 7.56. The molecule has 3 N–H and O–H groups in total. The van der Waals surface area contributed by atoms with E-state index >= 15 is 0 Å². The quantitative estimate of drug-likeness (QED) is 0.539. The Morgan fingerprint density at radius 2 is 2.18 bits per heavy atom. The van der Waals surface area contributed by atoms with Gasteiger partial charge in [-0.25, -0.2) is 0 Å². The van der Waals surface area contributed by atoms with Gasteiger partial charge in [-0.2, -0.15) is 0 Å². The number of piperidine rings is 1. The summed E-state index contributed by atoms with van der Waals surface area (Å²) >= 11 is 0. The van der Waals surface area contributed by atoms with Crippen LogP contribution in [0.3, 0.4) is 0 Å². The van der Waals surface area contributed by atoms with Crippen LogP contribution >= 0.6 is 0 Å². The molecule has 0 bridgehead atoms. The fraction of sp³-hybridized carbons (Fsp3) is 1.00. The first-order valence-electron chi connectivity index (χ1n) is 4.76. The van der Waals surface area contributed by atoms with E-state index in [1.807, 2.05) is 0 Å². The largest absolute Gasteiger partial charge is 0.328 e. The van der Waals surface area contributed by atoms with Gasteiger partial charge in [-0.15, -0.1) is 0 Å². The second-order valence-electron chi connectivity index (χ2n) is 4.19. The molecule has 64 valence electrons. The first-order chi connectivity index (χ1) is 5.27. The Balaban J connectivity index is 2.03. The zero-order valence-corrected chi connectivity index (χ0v) is 7.22. The standard InChI is InChI=1S/C9H18N2/c1-6-9-5-8(10)4-7(9)2-3-11-6/h6-9,11H,2-5,10H2,1H3. The third-order valence-electron chi connectivity index (χ3n) is 3.41. The highest BCUT2D eigenvalue weighted by Gasteiger charge is 2.37. The van der Waals surface area contributed by atoms with Gasteiger partial charge in [-0.3, -0.25) is 0 Å². The maximum absolute atomic E-state index is 5.93. The summed E-state index contributed by atoms with van der Waals surface area (Å²) in [6, 6.07) is 1.20. The van der Waals surface area contributed by atoms with Crippen molar-refractivity contribution in [3.8, 4) is 0 Å². The molecule has 4 atom stereocenters. The van der Waals surface area contributed by atoms with Crippen molar-refractivity contribution in [2.24, 2.45) is 17.6 Å². The average Bonchev–Trinajstić information content (AvgIpc) is 2.31. The van der Waals surface area contributed by atoms with Gasteiger partial charge in [0, 0.05) is 12.1 Å². The van der Waals surface area contributed by atoms with Crippen molar-refractivity contribution in [1.82, 2.24) is 5.32 Å². The molecule has 1 heterocycles. The molecule has 0 aromatic heterocycles. The summed E-state index contributed by atoms with van der Waals surface area (Å²) in [6.45, 7) is 3.50. The Kier molecular flexibility index (Phi) is 1.90. The molecule has 1 saturated carbocycles. The van der Waals surface area contributed by atoms with Crippen molar-refractivity contribution in [2.75, 3.05) is 6.54 Å². The predicted octanol–water partition coefficient (Wildman–Crippen LogP) is 0.722. The molecule has 0 aromatic rings. The van der Waals surface area contributed by atoms with Crippen LogP contribution in [0.5, 0.6) is 0 Å². The van der Waals surface area contributed by atoms with Gasteiger partial charge in [0.15, 0.2) is 0 Å². The summed E-state index contributed by atoms with van der Waals surface area (Å²) in [6.07, 6.45) is 3.87. The van der Waals surface area contributed by atoms with E-state index in [0.717, 1.165) is 11.8 Å². The molecule has 0 radical (unpaired) electrons. The Morgan fingerprint density at radius 1 is 1.36 bits per heavy atom. The van der Waals surface area contributed by atoms with Gasteiger partial charge in [0.2, 0.25) is 0 Å². The maximum atomic E-state index is 5.93. The summed E-state index contributed by atoms with van der Waals surface area (Å²) in [5, 5.41) is 3.52. The zero-order chi connectivity index (χ0) is 7.84. The van der Waals surface area contributed by atoms with Gasteiger partial charge >= 0.3 is 0 Å². The molecule has 2 fully saturated rings. The molecule has 2 rings (SSSR count). The second-order valence-corrected chi connectivity index (χ2v) is 4.19. The van der Waals surface area contributed by atoms with Gasteiger partial charge in [0.1, 0.15) is 0 Å². The molecule has 1 aliphatic heterocycles. The SMILES string of the molecule is CC1NCCC2CC(N)CC21. The molecule has 2 heteroatoms.